The topological polar surface area (TPSA) is 51.3 Å². The quantitative estimate of drug-likeness (QED) is 0.534. The average molecular weight is 379 g/mol. The zero-order chi connectivity index (χ0) is 19.4. The van der Waals surface area contributed by atoms with Gasteiger partial charge in [-0.05, 0) is 41.5 Å². The number of aromatic nitrogens is 2. The first-order chi connectivity index (χ1) is 13.5. The predicted octanol–water partition coefficient (Wildman–Crippen LogP) is 4.27. The molecule has 0 aliphatic carbocycles. The van der Waals surface area contributed by atoms with E-state index in [0.717, 1.165) is 10.9 Å². The molecule has 0 saturated heterocycles. The van der Waals surface area contributed by atoms with Crippen molar-refractivity contribution >= 4 is 16.8 Å². The molecule has 1 aliphatic rings. The standard InChI is InChI=1S/C21H15F2N3O2/c1-25-9-14-6-12(2-3-19(14)24-25)13-7-17(22)16(18(23)8-13)10-26-11-20-15(21(26)27)4-5-28-20/h2-9H,10-11H2,1H3. The molecule has 0 atom stereocenters. The van der Waals surface area contributed by atoms with Gasteiger partial charge in [-0.1, -0.05) is 6.07 Å². The van der Waals surface area contributed by atoms with Gasteiger partial charge in [-0.3, -0.25) is 9.48 Å². The zero-order valence-electron chi connectivity index (χ0n) is 14.9. The number of nitrogens with zero attached hydrogens (tertiary/aromatic N) is 3. The lowest BCUT2D eigenvalue weighted by Gasteiger charge is -2.17. The van der Waals surface area contributed by atoms with Crippen molar-refractivity contribution in [2.24, 2.45) is 7.05 Å². The summed E-state index contributed by atoms with van der Waals surface area (Å²) in [6.45, 7) is 0.0576. The normalized spacial score (nSPS) is 13.5. The Kier molecular flexibility index (Phi) is 3.58. The van der Waals surface area contributed by atoms with E-state index in [1.165, 1.54) is 23.3 Å². The molecular weight excluding hydrogens is 364 g/mol. The molecule has 7 heteroatoms. The maximum atomic E-state index is 14.7. The first-order valence-electron chi connectivity index (χ1n) is 8.77. The van der Waals surface area contributed by atoms with Crippen molar-refractivity contribution in [1.29, 1.82) is 0 Å². The highest BCUT2D eigenvalue weighted by Crippen LogP contribution is 2.30. The van der Waals surface area contributed by atoms with Crippen molar-refractivity contribution in [2.45, 2.75) is 13.1 Å². The second-order valence-electron chi connectivity index (χ2n) is 6.91. The number of benzene rings is 2. The monoisotopic (exact) mass is 379 g/mol. The van der Waals surface area contributed by atoms with Crippen molar-refractivity contribution in [2.75, 3.05) is 0 Å². The average Bonchev–Trinajstić information content (AvgIpc) is 3.33. The molecule has 0 unspecified atom stereocenters. The summed E-state index contributed by atoms with van der Waals surface area (Å²) in [6.07, 6.45) is 3.29. The first-order valence-corrected chi connectivity index (χ1v) is 8.77. The van der Waals surface area contributed by atoms with Crippen molar-refractivity contribution in [3.63, 3.8) is 0 Å². The Morgan fingerprint density at radius 3 is 2.64 bits per heavy atom. The Labute approximate surface area is 158 Å². The highest BCUT2D eigenvalue weighted by atomic mass is 19.1. The highest BCUT2D eigenvalue weighted by molar-refractivity contribution is 5.97. The number of rotatable bonds is 3. The molecule has 28 heavy (non-hydrogen) atoms. The molecule has 2 aromatic heterocycles. The van der Waals surface area contributed by atoms with Crippen molar-refractivity contribution in [3.05, 3.63) is 77.4 Å². The maximum absolute atomic E-state index is 14.7. The summed E-state index contributed by atoms with van der Waals surface area (Å²) in [5.41, 5.74) is 2.26. The highest BCUT2D eigenvalue weighted by Gasteiger charge is 2.31. The minimum Gasteiger partial charge on any atom is -0.467 e. The number of halogens is 2. The van der Waals surface area contributed by atoms with Crippen LogP contribution in [0.1, 0.15) is 21.7 Å². The SMILES string of the molecule is Cn1cc2cc(-c3cc(F)c(CN4Cc5occc5C4=O)c(F)c3)ccc2n1. The number of aryl methyl sites for hydroxylation is 1. The Morgan fingerprint density at radius 1 is 1.11 bits per heavy atom. The van der Waals surface area contributed by atoms with Crippen LogP contribution < -0.4 is 0 Å². The molecule has 0 spiro atoms. The largest absolute Gasteiger partial charge is 0.467 e. The summed E-state index contributed by atoms with van der Waals surface area (Å²) in [7, 11) is 1.82. The third-order valence-electron chi connectivity index (χ3n) is 5.04. The lowest BCUT2D eigenvalue weighted by atomic mass is 10.0. The Bertz CT molecular complexity index is 1220. The molecule has 5 nitrogen and oxygen atoms in total. The van der Waals surface area contributed by atoms with Gasteiger partial charge < -0.3 is 9.32 Å². The Balaban J connectivity index is 1.46. The molecule has 3 heterocycles. The Morgan fingerprint density at radius 2 is 1.89 bits per heavy atom. The van der Waals surface area contributed by atoms with Crippen LogP contribution in [0.25, 0.3) is 22.0 Å². The van der Waals surface area contributed by atoms with Gasteiger partial charge in [-0.2, -0.15) is 5.10 Å². The van der Waals surface area contributed by atoms with Crippen LogP contribution in [0.4, 0.5) is 8.78 Å². The smallest absolute Gasteiger partial charge is 0.258 e. The lowest BCUT2D eigenvalue weighted by Crippen LogP contribution is -2.24. The lowest BCUT2D eigenvalue weighted by molar-refractivity contribution is 0.0759. The van der Waals surface area contributed by atoms with E-state index in [0.29, 0.717) is 22.5 Å². The number of furan rings is 1. The molecule has 0 N–H and O–H groups in total. The number of fused-ring (bicyclic) bond motifs is 2. The number of hydrogen-bond acceptors (Lipinski definition) is 3. The molecule has 140 valence electrons. The number of carbonyl (C=O) groups excluding carboxylic acids is 1. The second kappa shape index (κ2) is 6.02. The van der Waals surface area contributed by atoms with Gasteiger partial charge >= 0.3 is 0 Å². The van der Waals surface area contributed by atoms with Crippen LogP contribution in [0.15, 0.2) is 53.3 Å². The van der Waals surface area contributed by atoms with E-state index in [-0.39, 0.29) is 24.6 Å². The van der Waals surface area contributed by atoms with E-state index in [9.17, 15) is 13.6 Å². The van der Waals surface area contributed by atoms with Gasteiger partial charge in [-0.15, -0.1) is 0 Å². The van der Waals surface area contributed by atoms with Gasteiger partial charge in [0.25, 0.3) is 5.91 Å². The second-order valence-corrected chi connectivity index (χ2v) is 6.91. The summed E-state index contributed by atoms with van der Waals surface area (Å²) in [5.74, 6) is -1.13. The van der Waals surface area contributed by atoms with Crippen molar-refractivity contribution in [3.8, 4) is 11.1 Å². The summed E-state index contributed by atoms with van der Waals surface area (Å²) in [5, 5.41) is 5.19. The van der Waals surface area contributed by atoms with Crippen LogP contribution >= 0.6 is 0 Å². The van der Waals surface area contributed by atoms with Crippen molar-refractivity contribution in [1.82, 2.24) is 14.7 Å². The number of hydrogen-bond donors (Lipinski definition) is 0. The first kappa shape index (κ1) is 16.7. The minimum atomic E-state index is -0.683. The van der Waals surface area contributed by atoms with Gasteiger partial charge in [0, 0.05) is 24.2 Å². The van der Waals surface area contributed by atoms with Crippen molar-refractivity contribution < 1.29 is 18.0 Å². The molecule has 1 aliphatic heterocycles. The molecule has 0 radical (unpaired) electrons. The van der Waals surface area contributed by atoms with Gasteiger partial charge in [0.05, 0.1) is 30.4 Å². The van der Waals surface area contributed by atoms with Gasteiger partial charge in [0.15, 0.2) is 0 Å². The fourth-order valence-electron chi connectivity index (χ4n) is 3.64. The molecule has 5 rings (SSSR count). The van der Waals surface area contributed by atoms with Crippen LogP contribution in [0, 0.1) is 11.6 Å². The van der Waals surface area contributed by atoms with Gasteiger partial charge in [0.2, 0.25) is 0 Å². The van der Waals surface area contributed by atoms with Crippen LogP contribution in [0.3, 0.4) is 0 Å². The summed E-state index contributed by atoms with van der Waals surface area (Å²) < 4.78 is 36.4. The molecular formula is C21H15F2N3O2. The van der Waals surface area contributed by atoms with E-state index in [2.05, 4.69) is 5.10 Å². The summed E-state index contributed by atoms with van der Waals surface area (Å²) in [4.78, 5) is 13.7. The van der Waals surface area contributed by atoms with Gasteiger partial charge in [0.1, 0.15) is 17.4 Å². The van der Waals surface area contributed by atoms with E-state index in [1.807, 2.05) is 25.4 Å². The molecule has 0 bridgehead atoms. The van der Waals surface area contributed by atoms with Crippen LogP contribution in [0.2, 0.25) is 0 Å². The van der Waals surface area contributed by atoms with Crippen LogP contribution in [-0.4, -0.2) is 20.6 Å². The third-order valence-corrected chi connectivity index (χ3v) is 5.04. The van der Waals surface area contributed by atoms with E-state index in [1.54, 1.807) is 16.8 Å². The summed E-state index contributed by atoms with van der Waals surface area (Å²) in [6, 6.07) is 9.62. The van der Waals surface area contributed by atoms with E-state index in [4.69, 9.17) is 4.42 Å². The molecule has 4 aromatic rings. The predicted molar refractivity (Wildman–Crippen MR) is 98.4 cm³/mol. The van der Waals surface area contributed by atoms with Crippen LogP contribution in [-0.2, 0) is 20.1 Å². The zero-order valence-corrected chi connectivity index (χ0v) is 14.9. The fraction of sp³-hybridized carbons (Fsp3) is 0.143. The molecule has 1 amide bonds. The number of carbonyl (C=O) groups is 1. The Hall–Kier alpha value is -3.48. The molecule has 2 aromatic carbocycles. The third kappa shape index (κ3) is 2.58. The van der Waals surface area contributed by atoms with Crippen LogP contribution in [0.5, 0.6) is 0 Å². The molecule has 0 saturated carbocycles. The van der Waals surface area contributed by atoms with Gasteiger partial charge in [-0.25, -0.2) is 8.78 Å². The minimum absolute atomic E-state index is 0.135. The molecule has 0 fully saturated rings. The van der Waals surface area contributed by atoms with E-state index < -0.39 is 11.6 Å². The number of amides is 1. The fourth-order valence-corrected chi connectivity index (χ4v) is 3.64. The maximum Gasteiger partial charge on any atom is 0.258 e. The van der Waals surface area contributed by atoms with E-state index >= 15 is 0 Å². The summed E-state index contributed by atoms with van der Waals surface area (Å²) >= 11 is 0.